The van der Waals surface area contributed by atoms with Crippen LogP contribution in [-0.2, 0) is 11.8 Å². The van der Waals surface area contributed by atoms with Gasteiger partial charge in [-0.2, -0.15) is 0 Å². The third kappa shape index (κ3) is 2.21. The van der Waals surface area contributed by atoms with Gasteiger partial charge < -0.3 is 10.1 Å². The van der Waals surface area contributed by atoms with Crippen molar-refractivity contribution >= 4 is 11.6 Å². The van der Waals surface area contributed by atoms with Crippen molar-refractivity contribution in [3.05, 3.63) is 6.20 Å². The Morgan fingerprint density at radius 1 is 1.77 bits per heavy atom. The molecule has 1 aromatic rings. The van der Waals surface area contributed by atoms with E-state index < -0.39 is 0 Å². The lowest BCUT2D eigenvalue weighted by Gasteiger charge is -2.00. The molecule has 13 heavy (non-hydrogen) atoms. The number of aryl methyl sites for hydroxylation is 1. The summed E-state index contributed by atoms with van der Waals surface area (Å²) >= 11 is 0. The molecule has 72 valence electrons. The highest BCUT2D eigenvalue weighted by atomic mass is 16.5. The van der Waals surface area contributed by atoms with E-state index >= 15 is 0 Å². The zero-order chi connectivity index (χ0) is 9.84. The van der Waals surface area contributed by atoms with E-state index in [1.165, 1.54) is 7.11 Å². The molecule has 0 saturated heterocycles. The van der Waals surface area contributed by atoms with E-state index in [2.05, 4.69) is 10.4 Å². The molecule has 1 rings (SSSR count). The van der Waals surface area contributed by atoms with Crippen molar-refractivity contribution in [1.29, 1.82) is 0 Å². The van der Waals surface area contributed by atoms with E-state index in [9.17, 15) is 4.79 Å². The average Bonchev–Trinajstić information content (AvgIpc) is 2.46. The summed E-state index contributed by atoms with van der Waals surface area (Å²) in [6, 6.07) is 0. The molecule has 0 aliphatic heterocycles. The van der Waals surface area contributed by atoms with Gasteiger partial charge in [0.05, 0.1) is 13.3 Å². The third-order valence-corrected chi connectivity index (χ3v) is 1.58. The maximum absolute atomic E-state index is 11.1. The molecular formula is C8H13N3O2. The van der Waals surface area contributed by atoms with Crippen molar-refractivity contribution < 1.29 is 9.53 Å². The lowest BCUT2D eigenvalue weighted by Crippen LogP contribution is -2.09. The molecule has 0 saturated carbocycles. The van der Waals surface area contributed by atoms with Crippen LogP contribution in [-0.4, -0.2) is 22.8 Å². The first-order chi connectivity index (χ1) is 6.17. The van der Waals surface area contributed by atoms with Gasteiger partial charge in [-0.3, -0.25) is 9.48 Å². The predicted molar refractivity (Wildman–Crippen MR) is 48.7 cm³/mol. The molecule has 0 aromatic carbocycles. The van der Waals surface area contributed by atoms with E-state index in [0.29, 0.717) is 18.0 Å². The van der Waals surface area contributed by atoms with Crippen molar-refractivity contribution in [3.63, 3.8) is 0 Å². The molecule has 0 unspecified atom stereocenters. The lowest BCUT2D eigenvalue weighted by molar-refractivity contribution is -0.115. The first kappa shape index (κ1) is 9.57. The normalized spacial score (nSPS) is 9.77. The maximum atomic E-state index is 11.1. The van der Waals surface area contributed by atoms with Gasteiger partial charge in [0, 0.05) is 13.5 Å². The Kier molecular flexibility index (Phi) is 2.89. The second-order valence-corrected chi connectivity index (χ2v) is 2.63. The van der Waals surface area contributed by atoms with Gasteiger partial charge in [0.25, 0.3) is 5.88 Å². The molecule has 0 spiro atoms. The summed E-state index contributed by atoms with van der Waals surface area (Å²) in [5, 5.41) is 6.68. The lowest BCUT2D eigenvalue weighted by atomic mass is 10.4. The van der Waals surface area contributed by atoms with Crippen LogP contribution >= 0.6 is 0 Å². The van der Waals surface area contributed by atoms with Crippen molar-refractivity contribution in [2.24, 2.45) is 7.05 Å². The van der Waals surface area contributed by atoms with Crippen LogP contribution in [0, 0.1) is 0 Å². The number of hydrogen-bond donors (Lipinski definition) is 1. The highest BCUT2D eigenvalue weighted by molar-refractivity contribution is 5.91. The Hall–Kier alpha value is -1.52. The molecule has 1 heterocycles. The largest absolute Gasteiger partial charge is 0.478 e. The predicted octanol–water partition coefficient (Wildman–Crippen LogP) is 0.777. The number of methoxy groups -OCH3 is 1. The van der Waals surface area contributed by atoms with Crippen LogP contribution in [0.2, 0.25) is 0 Å². The molecule has 0 fully saturated rings. The van der Waals surface area contributed by atoms with E-state index in [-0.39, 0.29) is 5.91 Å². The topological polar surface area (TPSA) is 56.2 Å². The minimum atomic E-state index is -0.0497. The van der Waals surface area contributed by atoms with E-state index in [4.69, 9.17) is 4.74 Å². The van der Waals surface area contributed by atoms with Crippen LogP contribution in [0.15, 0.2) is 6.20 Å². The highest BCUT2D eigenvalue weighted by Crippen LogP contribution is 2.20. The van der Waals surface area contributed by atoms with Crippen LogP contribution in [0.3, 0.4) is 0 Å². The molecule has 5 heteroatoms. The third-order valence-electron chi connectivity index (χ3n) is 1.58. The summed E-state index contributed by atoms with van der Waals surface area (Å²) in [5.41, 5.74) is 0.608. The molecule has 0 radical (unpaired) electrons. The van der Waals surface area contributed by atoms with Crippen LogP contribution in [0.5, 0.6) is 5.88 Å². The number of nitrogens with zero attached hydrogens (tertiary/aromatic N) is 2. The smallest absolute Gasteiger partial charge is 0.256 e. The average molecular weight is 183 g/mol. The van der Waals surface area contributed by atoms with Gasteiger partial charge in [-0.05, 0) is 0 Å². The van der Waals surface area contributed by atoms with Gasteiger partial charge in [-0.25, -0.2) is 0 Å². The Labute approximate surface area is 76.7 Å². The van der Waals surface area contributed by atoms with Gasteiger partial charge in [-0.1, -0.05) is 6.92 Å². The van der Waals surface area contributed by atoms with Gasteiger partial charge in [0.15, 0.2) is 0 Å². The van der Waals surface area contributed by atoms with Crippen LogP contribution in [0.25, 0.3) is 0 Å². The second kappa shape index (κ2) is 3.93. The van der Waals surface area contributed by atoms with Crippen LogP contribution in [0.4, 0.5) is 5.69 Å². The van der Waals surface area contributed by atoms with Crippen LogP contribution in [0.1, 0.15) is 13.3 Å². The first-order valence-corrected chi connectivity index (χ1v) is 4.04. The fourth-order valence-corrected chi connectivity index (χ4v) is 0.943. The summed E-state index contributed by atoms with van der Waals surface area (Å²) in [4.78, 5) is 11.1. The second-order valence-electron chi connectivity index (χ2n) is 2.63. The summed E-state index contributed by atoms with van der Waals surface area (Å²) < 4.78 is 6.55. The number of hydrogen-bond acceptors (Lipinski definition) is 3. The standard InChI is InChI=1S/C8H13N3O2/c1-4-7(12)9-6-5-11(2)10-8(6)13-3/h5H,4H2,1-3H3,(H,9,12). The zero-order valence-electron chi connectivity index (χ0n) is 8.00. The molecule has 0 bridgehead atoms. The molecule has 1 aromatic heterocycles. The number of aromatic nitrogens is 2. The Morgan fingerprint density at radius 3 is 3.00 bits per heavy atom. The molecular weight excluding hydrogens is 170 g/mol. The summed E-state index contributed by atoms with van der Waals surface area (Å²) in [6.07, 6.45) is 2.14. The van der Waals surface area contributed by atoms with Crippen molar-refractivity contribution in [3.8, 4) is 5.88 Å². The SMILES string of the molecule is CCC(=O)Nc1cn(C)nc1OC. The van der Waals surface area contributed by atoms with Gasteiger partial charge in [0.1, 0.15) is 5.69 Å². The van der Waals surface area contributed by atoms with E-state index in [0.717, 1.165) is 0 Å². The number of carbonyl (C=O) groups is 1. The summed E-state index contributed by atoms with van der Waals surface area (Å²) in [7, 11) is 3.29. The van der Waals surface area contributed by atoms with Gasteiger partial charge >= 0.3 is 0 Å². The fourth-order valence-electron chi connectivity index (χ4n) is 0.943. The number of ether oxygens (including phenoxy) is 1. The van der Waals surface area contributed by atoms with E-state index in [1.807, 2.05) is 0 Å². The monoisotopic (exact) mass is 183 g/mol. The zero-order valence-corrected chi connectivity index (χ0v) is 8.00. The number of carbonyl (C=O) groups excluding carboxylic acids is 1. The quantitative estimate of drug-likeness (QED) is 0.753. The molecule has 0 aliphatic carbocycles. The molecule has 1 N–H and O–H groups in total. The Morgan fingerprint density at radius 2 is 2.46 bits per heavy atom. The maximum Gasteiger partial charge on any atom is 0.256 e. The van der Waals surface area contributed by atoms with E-state index in [1.54, 1.807) is 24.9 Å². The van der Waals surface area contributed by atoms with Crippen molar-refractivity contribution in [2.75, 3.05) is 12.4 Å². The molecule has 1 amide bonds. The minimum absolute atomic E-state index is 0.0497. The summed E-state index contributed by atoms with van der Waals surface area (Å²) in [6.45, 7) is 1.79. The first-order valence-electron chi connectivity index (χ1n) is 4.04. The number of anilines is 1. The molecule has 5 nitrogen and oxygen atoms in total. The Bertz CT molecular complexity index is 306. The number of amides is 1. The Balaban J connectivity index is 2.80. The van der Waals surface area contributed by atoms with Crippen molar-refractivity contribution in [1.82, 2.24) is 9.78 Å². The van der Waals surface area contributed by atoms with Gasteiger partial charge in [0.2, 0.25) is 5.91 Å². The van der Waals surface area contributed by atoms with Gasteiger partial charge in [-0.15, -0.1) is 5.10 Å². The minimum Gasteiger partial charge on any atom is -0.478 e. The number of rotatable bonds is 3. The molecule has 0 atom stereocenters. The van der Waals surface area contributed by atoms with Crippen molar-refractivity contribution in [2.45, 2.75) is 13.3 Å². The fraction of sp³-hybridized carbons (Fsp3) is 0.500. The van der Waals surface area contributed by atoms with Crippen LogP contribution < -0.4 is 10.1 Å². The summed E-state index contributed by atoms with van der Waals surface area (Å²) in [5.74, 6) is 0.385. The highest BCUT2D eigenvalue weighted by Gasteiger charge is 2.09. The molecule has 0 aliphatic rings. The number of nitrogens with one attached hydrogen (secondary N) is 1.